The van der Waals surface area contributed by atoms with Gasteiger partial charge in [0.15, 0.2) is 0 Å². The summed E-state index contributed by atoms with van der Waals surface area (Å²) in [6.45, 7) is 5.51. The molecule has 1 aliphatic rings. The summed E-state index contributed by atoms with van der Waals surface area (Å²) in [6.07, 6.45) is 13.2. The van der Waals surface area contributed by atoms with Gasteiger partial charge in [-0.15, -0.1) is 0 Å². The van der Waals surface area contributed by atoms with Crippen LogP contribution < -0.4 is 9.64 Å². The second kappa shape index (κ2) is 10.8. The molecule has 2 unspecified atom stereocenters. The first-order valence-corrected chi connectivity index (χ1v) is 13.4. The first kappa shape index (κ1) is 25.7. The van der Waals surface area contributed by atoms with E-state index in [9.17, 15) is 0 Å². The fraction of sp³-hybridized carbons (Fsp3) is 0.344. The van der Waals surface area contributed by atoms with Crippen LogP contribution in [0, 0.1) is 11.8 Å². The largest absolute Gasteiger partial charge is 0.497 e. The summed E-state index contributed by atoms with van der Waals surface area (Å²) in [6, 6.07) is 14.7. The third-order valence-electron chi connectivity index (χ3n) is 7.54. The van der Waals surface area contributed by atoms with E-state index in [4.69, 9.17) is 14.8 Å². The van der Waals surface area contributed by atoms with Crippen molar-refractivity contribution in [3.05, 3.63) is 66.9 Å². The van der Waals surface area contributed by atoms with E-state index in [-0.39, 0.29) is 0 Å². The van der Waals surface area contributed by atoms with E-state index in [1.807, 2.05) is 18.3 Å². The predicted octanol–water partition coefficient (Wildman–Crippen LogP) is 6.50. The Morgan fingerprint density at radius 1 is 1.08 bits per heavy atom. The van der Waals surface area contributed by atoms with E-state index in [1.54, 1.807) is 7.11 Å². The second-order valence-corrected chi connectivity index (χ2v) is 10.6. The zero-order valence-corrected chi connectivity index (χ0v) is 23.3. The molecule has 0 fully saturated rings. The molecule has 2 heterocycles. The maximum absolute atomic E-state index is 5.58. The molecule has 5 rings (SSSR count). The predicted molar refractivity (Wildman–Crippen MR) is 159 cm³/mol. The molecule has 2 aromatic heterocycles. The topological polar surface area (TPSA) is 46.2 Å². The molecule has 6 heteroatoms. The summed E-state index contributed by atoms with van der Waals surface area (Å²) >= 11 is 0. The summed E-state index contributed by atoms with van der Waals surface area (Å²) in [5.41, 5.74) is 6.28. The van der Waals surface area contributed by atoms with Gasteiger partial charge in [0.2, 0.25) is 0 Å². The van der Waals surface area contributed by atoms with Crippen LogP contribution in [0.5, 0.6) is 5.75 Å². The number of fused-ring (bicyclic) bond motifs is 3. The molecule has 2 aromatic carbocycles. The maximum Gasteiger partial charge on any atom is 0.139 e. The van der Waals surface area contributed by atoms with Gasteiger partial charge in [0.05, 0.1) is 23.8 Å². The molecule has 0 amide bonds. The average molecular weight is 509 g/mol. The van der Waals surface area contributed by atoms with Crippen LogP contribution in [0.4, 0.5) is 5.69 Å². The lowest BCUT2D eigenvalue weighted by molar-refractivity contribution is -0.460. The van der Waals surface area contributed by atoms with Crippen molar-refractivity contribution in [1.29, 1.82) is 0 Å². The molecule has 1 aliphatic carbocycles. The van der Waals surface area contributed by atoms with Crippen LogP contribution in [0.3, 0.4) is 0 Å². The van der Waals surface area contributed by atoms with Gasteiger partial charge in [0, 0.05) is 48.2 Å². The SMILES string of the molecule is COc1ccc2ncc3c(-c4cccc(N(C)CCCC=[N+](C)C)c4)nn(C4=CC(C)C(C)C=C4)c3c2c1. The Morgan fingerprint density at radius 2 is 1.92 bits per heavy atom. The quantitative estimate of drug-likeness (QED) is 0.155. The second-order valence-electron chi connectivity index (χ2n) is 10.6. The molecular weight excluding hydrogens is 470 g/mol. The number of allylic oxidation sites excluding steroid dienone is 4. The van der Waals surface area contributed by atoms with E-state index in [1.165, 1.54) is 5.69 Å². The molecule has 0 spiro atoms. The highest BCUT2D eigenvalue weighted by atomic mass is 16.5. The molecule has 38 heavy (non-hydrogen) atoms. The zero-order chi connectivity index (χ0) is 26.8. The molecule has 196 valence electrons. The Hall–Kier alpha value is -3.93. The number of nitrogens with zero attached hydrogens (tertiary/aromatic N) is 5. The third-order valence-corrected chi connectivity index (χ3v) is 7.54. The number of hydrogen-bond acceptors (Lipinski definition) is 4. The lowest BCUT2D eigenvalue weighted by Gasteiger charge is -2.20. The van der Waals surface area contributed by atoms with Crippen molar-refractivity contribution in [3.8, 4) is 17.0 Å². The van der Waals surface area contributed by atoms with Gasteiger partial charge >= 0.3 is 0 Å². The van der Waals surface area contributed by atoms with Gasteiger partial charge in [-0.2, -0.15) is 5.10 Å². The van der Waals surface area contributed by atoms with Gasteiger partial charge in [-0.25, -0.2) is 9.26 Å². The van der Waals surface area contributed by atoms with Crippen molar-refractivity contribution < 1.29 is 9.31 Å². The molecule has 0 aliphatic heterocycles. The molecular formula is C32H38N5O+. The van der Waals surface area contributed by atoms with Gasteiger partial charge in [-0.3, -0.25) is 4.98 Å². The van der Waals surface area contributed by atoms with E-state index in [2.05, 4.69) is 104 Å². The van der Waals surface area contributed by atoms with E-state index < -0.39 is 0 Å². The number of anilines is 1. The van der Waals surface area contributed by atoms with Crippen molar-refractivity contribution in [2.24, 2.45) is 11.8 Å². The Kier molecular flexibility index (Phi) is 7.32. The summed E-state index contributed by atoms with van der Waals surface area (Å²) < 4.78 is 9.79. The number of benzene rings is 2. The Labute approximate surface area is 225 Å². The highest BCUT2D eigenvalue weighted by Gasteiger charge is 2.21. The number of pyridine rings is 1. The lowest BCUT2D eigenvalue weighted by Crippen LogP contribution is -2.18. The molecule has 0 saturated heterocycles. The first-order valence-electron chi connectivity index (χ1n) is 13.4. The van der Waals surface area contributed by atoms with Crippen LogP contribution in [-0.2, 0) is 0 Å². The van der Waals surface area contributed by atoms with Gasteiger partial charge in [-0.05, 0) is 54.7 Å². The van der Waals surface area contributed by atoms with Crippen molar-refractivity contribution in [1.82, 2.24) is 14.8 Å². The fourth-order valence-corrected chi connectivity index (χ4v) is 5.03. The lowest BCUT2D eigenvalue weighted by atomic mass is 9.91. The van der Waals surface area contributed by atoms with E-state index >= 15 is 0 Å². The van der Waals surface area contributed by atoms with Crippen LogP contribution in [0.1, 0.15) is 26.7 Å². The number of unbranched alkanes of at least 4 members (excludes halogenated alkanes) is 1. The summed E-state index contributed by atoms with van der Waals surface area (Å²) in [7, 11) is 8.01. The van der Waals surface area contributed by atoms with Crippen LogP contribution in [0.25, 0.3) is 38.8 Å². The molecule has 0 radical (unpaired) electrons. The minimum absolute atomic E-state index is 0.432. The molecule has 0 bridgehead atoms. The Morgan fingerprint density at radius 3 is 2.68 bits per heavy atom. The molecule has 0 saturated carbocycles. The molecule has 0 N–H and O–H groups in total. The van der Waals surface area contributed by atoms with Gasteiger partial charge in [0.25, 0.3) is 0 Å². The number of methoxy groups -OCH3 is 1. The highest BCUT2D eigenvalue weighted by molar-refractivity contribution is 6.10. The molecule has 6 nitrogen and oxygen atoms in total. The van der Waals surface area contributed by atoms with E-state index in [0.717, 1.165) is 63.9 Å². The summed E-state index contributed by atoms with van der Waals surface area (Å²) in [5.74, 6) is 1.74. The van der Waals surface area contributed by atoms with Crippen LogP contribution in [-0.4, -0.2) is 60.4 Å². The van der Waals surface area contributed by atoms with Crippen molar-refractivity contribution in [2.45, 2.75) is 26.7 Å². The van der Waals surface area contributed by atoms with Crippen molar-refractivity contribution >= 4 is 39.4 Å². The average Bonchev–Trinajstić information content (AvgIpc) is 3.32. The van der Waals surface area contributed by atoms with Gasteiger partial charge in [-0.1, -0.05) is 38.1 Å². The monoisotopic (exact) mass is 508 g/mol. The van der Waals surface area contributed by atoms with Crippen LogP contribution in [0.2, 0.25) is 0 Å². The van der Waals surface area contributed by atoms with Crippen LogP contribution >= 0.6 is 0 Å². The van der Waals surface area contributed by atoms with Gasteiger partial charge < -0.3 is 9.64 Å². The van der Waals surface area contributed by atoms with Crippen molar-refractivity contribution in [3.63, 3.8) is 0 Å². The smallest absolute Gasteiger partial charge is 0.139 e. The normalized spacial score (nSPS) is 17.1. The third kappa shape index (κ3) is 5.08. The van der Waals surface area contributed by atoms with Crippen molar-refractivity contribution in [2.75, 3.05) is 39.7 Å². The number of rotatable bonds is 8. The fourth-order valence-electron chi connectivity index (χ4n) is 5.03. The summed E-state index contributed by atoms with van der Waals surface area (Å²) in [5, 5.41) is 7.30. The number of aromatic nitrogens is 3. The maximum atomic E-state index is 5.58. The number of hydrogen-bond donors (Lipinski definition) is 0. The summed E-state index contributed by atoms with van der Waals surface area (Å²) in [4.78, 5) is 7.13. The first-order chi connectivity index (χ1) is 18.4. The zero-order valence-electron chi connectivity index (χ0n) is 23.3. The Bertz CT molecular complexity index is 1560. The Balaban J connectivity index is 1.62. The minimum atomic E-state index is 0.432. The van der Waals surface area contributed by atoms with E-state index in [0.29, 0.717) is 11.8 Å². The standard InChI is InChI=1S/C32H38N5O/c1-22-12-13-26(18-23(22)2)37-32-28-20-27(38-6)14-15-30(28)33-21-29(32)31(34-37)24-10-9-11-25(19-24)36(5)17-8-7-16-35(3)4/h9-16,18-23H,7-8,17H2,1-6H3/q+1. The molecule has 4 aromatic rings. The molecule has 2 atom stereocenters. The minimum Gasteiger partial charge on any atom is -0.497 e. The highest BCUT2D eigenvalue weighted by Crippen LogP contribution is 2.37. The van der Waals surface area contributed by atoms with Gasteiger partial charge in [0.1, 0.15) is 31.8 Å². The van der Waals surface area contributed by atoms with Crippen LogP contribution in [0.15, 0.2) is 66.9 Å². The number of ether oxygens (including phenoxy) is 1.